The molecule has 7 heteroatoms. The molecule has 114 valence electrons. The van der Waals surface area contributed by atoms with E-state index in [0.717, 1.165) is 16.7 Å². The number of carbonyl (C=O) groups is 1. The Morgan fingerprint density at radius 3 is 2.86 bits per heavy atom. The van der Waals surface area contributed by atoms with E-state index in [2.05, 4.69) is 20.5 Å². The fourth-order valence-electron chi connectivity index (χ4n) is 2.18. The molecule has 0 fully saturated rings. The molecule has 0 bridgehead atoms. The molecule has 1 amide bonds. The summed E-state index contributed by atoms with van der Waals surface area (Å²) in [7, 11) is 1.61. The second kappa shape index (κ2) is 5.51. The van der Waals surface area contributed by atoms with E-state index in [1.807, 2.05) is 18.2 Å². The van der Waals surface area contributed by atoms with E-state index in [1.54, 1.807) is 27.0 Å². The quantitative estimate of drug-likeness (QED) is 0.771. The number of fused-ring (bicyclic) bond motifs is 1. The number of carbonyl (C=O) groups excluding carboxylic acids is 1. The average molecular weight is 300 g/mol. The van der Waals surface area contributed by atoms with Crippen LogP contribution in [0.1, 0.15) is 35.2 Å². The largest absolute Gasteiger partial charge is 0.497 e. The highest BCUT2D eigenvalue weighted by Gasteiger charge is 2.17. The van der Waals surface area contributed by atoms with Gasteiger partial charge in [0.1, 0.15) is 17.5 Å². The van der Waals surface area contributed by atoms with Gasteiger partial charge in [-0.2, -0.15) is 0 Å². The van der Waals surface area contributed by atoms with Gasteiger partial charge in [0, 0.05) is 17.8 Å². The van der Waals surface area contributed by atoms with Gasteiger partial charge in [-0.05, 0) is 31.2 Å². The van der Waals surface area contributed by atoms with Crippen molar-refractivity contribution in [2.45, 2.75) is 19.9 Å². The van der Waals surface area contributed by atoms with Gasteiger partial charge in [0.2, 0.25) is 11.8 Å². The highest BCUT2D eigenvalue weighted by Crippen LogP contribution is 2.21. The molecule has 2 N–H and O–H groups in total. The molecule has 0 aliphatic heterocycles. The molecule has 0 saturated carbocycles. The molecule has 3 aromatic rings. The molecular weight excluding hydrogens is 284 g/mol. The topological polar surface area (TPSA) is 93.0 Å². The number of amides is 1. The van der Waals surface area contributed by atoms with Gasteiger partial charge in [0.05, 0.1) is 7.11 Å². The molecule has 0 radical (unpaired) electrons. The maximum atomic E-state index is 12.3. The maximum absolute atomic E-state index is 12.3. The molecule has 0 aliphatic carbocycles. The third-order valence-corrected chi connectivity index (χ3v) is 3.33. The number of ether oxygens (including phenoxy) is 1. The molecule has 7 nitrogen and oxygen atoms in total. The highest BCUT2D eigenvalue weighted by molar-refractivity contribution is 5.98. The van der Waals surface area contributed by atoms with Crippen LogP contribution in [0.2, 0.25) is 0 Å². The van der Waals surface area contributed by atoms with Crippen molar-refractivity contribution in [3.63, 3.8) is 0 Å². The molecule has 1 aromatic carbocycles. The van der Waals surface area contributed by atoms with E-state index in [9.17, 15) is 4.79 Å². The Morgan fingerprint density at radius 1 is 1.36 bits per heavy atom. The number of H-pyrrole nitrogens is 1. The summed E-state index contributed by atoms with van der Waals surface area (Å²) in [5.41, 5.74) is 1.33. The van der Waals surface area contributed by atoms with Crippen LogP contribution >= 0.6 is 0 Å². The second-order valence-corrected chi connectivity index (χ2v) is 4.99. The molecule has 0 saturated heterocycles. The lowest BCUT2D eigenvalue weighted by atomic mass is 10.2. The van der Waals surface area contributed by atoms with Gasteiger partial charge in [-0.3, -0.25) is 4.79 Å². The van der Waals surface area contributed by atoms with Crippen LogP contribution in [0.3, 0.4) is 0 Å². The third-order valence-electron chi connectivity index (χ3n) is 3.33. The number of nitrogens with zero attached hydrogens (tertiary/aromatic N) is 2. The molecule has 3 rings (SSSR count). The van der Waals surface area contributed by atoms with Crippen molar-refractivity contribution in [3.05, 3.63) is 41.7 Å². The van der Waals surface area contributed by atoms with E-state index in [-0.39, 0.29) is 11.9 Å². The Bertz CT molecular complexity index is 821. The number of methoxy groups -OCH3 is 1. The van der Waals surface area contributed by atoms with Crippen LogP contribution in [0, 0.1) is 6.92 Å². The molecule has 2 heterocycles. The number of aromatic nitrogens is 3. The van der Waals surface area contributed by atoms with Crippen molar-refractivity contribution in [2.24, 2.45) is 0 Å². The summed E-state index contributed by atoms with van der Waals surface area (Å²) in [4.78, 5) is 15.4. The van der Waals surface area contributed by atoms with Gasteiger partial charge in [0.15, 0.2) is 0 Å². The van der Waals surface area contributed by atoms with Gasteiger partial charge in [0.25, 0.3) is 5.91 Å². The first-order valence-corrected chi connectivity index (χ1v) is 6.84. The predicted molar refractivity (Wildman–Crippen MR) is 79.8 cm³/mol. The minimum atomic E-state index is -0.366. The Balaban J connectivity index is 1.79. The Hall–Kier alpha value is -2.83. The molecule has 0 aliphatic rings. The number of aromatic amines is 1. The van der Waals surface area contributed by atoms with Crippen LogP contribution in [0.4, 0.5) is 0 Å². The first kappa shape index (κ1) is 14.1. The fourth-order valence-corrected chi connectivity index (χ4v) is 2.18. The minimum Gasteiger partial charge on any atom is -0.497 e. The van der Waals surface area contributed by atoms with E-state index in [1.165, 1.54) is 0 Å². The molecule has 2 aromatic heterocycles. The van der Waals surface area contributed by atoms with Gasteiger partial charge in [-0.15, -0.1) is 10.2 Å². The zero-order valence-corrected chi connectivity index (χ0v) is 12.5. The number of hydrogen-bond donors (Lipinski definition) is 2. The summed E-state index contributed by atoms with van der Waals surface area (Å²) >= 11 is 0. The molecule has 1 atom stereocenters. The lowest BCUT2D eigenvalue weighted by Gasteiger charge is -2.08. The van der Waals surface area contributed by atoms with Crippen molar-refractivity contribution in [1.82, 2.24) is 20.5 Å². The van der Waals surface area contributed by atoms with Gasteiger partial charge >= 0.3 is 0 Å². The summed E-state index contributed by atoms with van der Waals surface area (Å²) in [5, 5.41) is 11.4. The first-order valence-electron chi connectivity index (χ1n) is 6.84. The maximum Gasteiger partial charge on any atom is 0.268 e. The summed E-state index contributed by atoms with van der Waals surface area (Å²) in [5.74, 6) is 1.35. The van der Waals surface area contributed by atoms with E-state index < -0.39 is 0 Å². The highest BCUT2D eigenvalue weighted by atomic mass is 16.5. The van der Waals surface area contributed by atoms with Crippen LogP contribution in [0.25, 0.3) is 10.9 Å². The predicted octanol–water partition coefficient (Wildman–Crippen LogP) is 2.36. The summed E-state index contributed by atoms with van der Waals surface area (Å²) in [6, 6.07) is 6.99. The molecule has 22 heavy (non-hydrogen) atoms. The van der Waals surface area contributed by atoms with Crippen molar-refractivity contribution in [3.8, 4) is 5.75 Å². The SMILES string of the molecule is COc1ccc2[nH]c(C(=O)NC(C)c3nnc(C)o3)cc2c1. The lowest BCUT2D eigenvalue weighted by Crippen LogP contribution is -2.27. The average Bonchev–Trinajstić information content (AvgIpc) is 3.12. The summed E-state index contributed by atoms with van der Waals surface area (Å²) in [6.45, 7) is 3.49. The van der Waals surface area contributed by atoms with Gasteiger partial charge < -0.3 is 19.5 Å². The summed E-state index contributed by atoms with van der Waals surface area (Å²) in [6.07, 6.45) is 0. The third kappa shape index (κ3) is 2.65. The zero-order valence-electron chi connectivity index (χ0n) is 12.5. The Labute approximate surface area is 126 Å². The number of hydrogen-bond acceptors (Lipinski definition) is 5. The first-order chi connectivity index (χ1) is 10.6. The van der Waals surface area contributed by atoms with E-state index in [4.69, 9.17) is 9.15 Å². The van der Waals surface area contributed by atoms with Crippen LogP contribution in [-0.2, 0) is 0 Å². The molecular formula is C15H16N4O3. The molecule has 0 spiro atoms. The van der Waals surface area contributed by atoms with Gasteiger partial charge in [-0.25, -0.2) is 0 Å². The number of benzene rings is 1. The van der Waals surface area contributed by atoms with Crippen LogP contribution in [0.5, 0.6) is 5.75 Å². The summed E-state index contributed by atoms with van der Waals surface area (Å²) < 4.78 is 10.5. The second-order valence-electron chi connectivity index (χ2n) is 4.99. The minimum absolute atomic E-state index is 0.237. The van der Waals surface area contributed by atoms with E-state index >= 15 is 0 Å². The van der Waals surface area contributed by atoms with Crippen molar-refractivity contribution >= 4 is 16.8 Å². The van der Waals surface area contributed by atoms with E-state index in [0.29, 0.717) is 17.5 Å². The van der Waals surface area contributed by atoms with Crippen LogP contribution in [0.15, 0.2) is 28.7 Å². The normalized spacial score (nSPS) is 12.3. The monoisotopic (exact) mass is 300 g/mol. The van der Waals surface area contributed by atoms with Crippen LogP contribution in [-0.4, -0.2) is 28.2 Å². The van der Waals surface area contributed by atoms with Crippen molar-refractivity contribution in [2.75, 3.05) is 7.11 Å². The number of aryl methyl sites for hydroxylation is 1. The zero-order chi connectivity index (χ0) is 15.7. The van der Waals surface area contributed by atoms with Crippen LogP contribution < -0.4 is 10.1 Å². The smallest absolute Gasteiger partial charge is 0.268 e. The fraction of sp³-hybridized carbons (Fsp3) is 0.267. The van der Waals surface area contributed by atoms with Crippen molar-refractivity contribution < 1.29 is 13.9 Å². The molecule has 1 unspecified atom stereocenters. The standard InChI is InChI=1S/C15H16N4O3/c1-8(15-19-18-9(2)22-15)16-14(20)13-7-10-6-11(21-3)4-5-12(10)17-13/h4-8,17H,1-3H3,(H,16,20). The van der Waals surface area contributed by atoms with Gasteiger partial charge in [-0.1, -0.05) is 0 Å². The lowest BCUT2D eigenvalue weighted by molar-refractivity contribution is 0.0929. The Morgan fingerprint density at radius 2 is 2.18 bits per heavy atom. The van der Waals surface area contributed by atoms with Crippen molar-refractivity contribution in [1.29, 1.82) is 0 Å². The Kier molecular flexibility index (Phi) is 3.54. The number of rotatable bonds is 4. The number of nitrogens with one attached hydrogen (secondary N) is 2.